The van der Waals surface area contributed by atoms with Crippen molar-refractivity contribution in [3.8, 4) is 46.0 Å². The summed E-state index contributed by atoms with van der Waals surface area (Å²) < 4.78 is 16.9. The molecule has 0 spiro atoms. The number of phenols is 5. The van der Waals surface area contributed by atoms with E-state index in [0.717, 1.165) is 11.1 Å². The highest BCUT2D eigenvalue weighted by Crippen LogP contribution is 2.53. The van der Waals surface area contributed by atoms with Gasteiger partial charge < -0.3 is 39.7 Å². The molecule has 1 aliphatic rings. The highest BCUT2D eigenvalue weighted by atomic mass is 16.5. The lowest BCUT2D eigenvalue weighted by atomic mass is 9.82. The lowest BCUT2D eigenvalue weighted by Gasteiger charge is -2.22. The van der Waals surface area contributed by atoms with E-state index in [1.807, 2.05) is 12.2 Å². The van der Waals surface area contributed by atoms with Crippen molar-refractivity contribution in [2.24, 2.45) is 0 Å². The maximum absolute atomic E-state index is 10.5. The predicted molar refractivity (Wildman–Crippen MR) is 141 cm³/mol. The van der Waals surface area contributed by atoms with Gasteiger partial charge >= 0.3 is 0 Å². The normalized spacial score (nSPS) is 16.3. The SMILES string of the molecule is COc1cc(/C=C/c2cc(O)cc3c2[C@H](c2cc(O)cc(O)c2)[C@@H](c2ccc(O)c(OC)c2)O3)ccc1O. The highest BCUT2D eigenvalue weighted by molar-refractivity contribution is 5.76. The monoisotopic (exact) mass is 514 g/mol. The van der Waals surface area contributed by atoms with Crippen LogP contribution in [0.4, 0.5) is 0 Å². The first-order valence-electron chi connectivity index (χ1n) is 11.8. The molecule has 4 aromatic carbocycles. The van der Waals surface area contributed by atoms with Gasteiger partial charge in [-0.2, -0.15) is 0 Å². The fourth-order valence-electron chi connectivity index (χ4n) is 4.81. The molecule has 0 aromatic heterocycles. The molecule has 0 unspecified atom stereocenters. The molecule has 8 nitrogen and oxygen atoms in total. The molecule has 38 heavy (non-hydrogen) atoms. The number of phenolic OH excluding ortho intramolecular Hbond substituents is 5. The van der Waals surface area contributed by atoms with Gasteiger partial charge in [0, 0.05) is 17.7 Å². The van der Waals surface area contributed by atoms with Gasteiger partial charge in [-0.15, -0.1) is 0 Å². The van der Waals surface area contributed by atoms with Gasteiger partial charge in [0.05, 0.1) is 20.1 Å². The topological polar surface area (TPSA) is 129 Å². The molecule has 0 radical (unpaired) electrons. The first-order chi connectivity index (χ1) is 18.3. The van der Waals surface area contributed by atoms with Crippen LogP contribution < -0.4 is 14.2 Å². The third-order valence-electron chi connectivity index (χ3n) is 6.50. The number of fused-ring (bicyclic) bond motifs is 1. The molecule has 0 fully saturated rings. The van der Waals surface area contributed by atoms with Gasteiger partial charge in [-0.05, 0) is 64.7 Å². The molecule has 5 rings (SSSR count). The van der Waals surface area contributed by atoms with Gasteiger partial charge in [-0.1, -0.05) is 24.3 Å². The number of methoxy groups -OCH3 is 2. The Hall–Kier alpha value is -4.98. The van der Waals surface area contributed by atoms with E-state index in [4.69, 9.17) is 14.2 Å². The minimum Gasteiger partial charge on any atom is -0.508 e. The molecule has 8 heteroatoms. The maximum Gasteiger partial charge on any atom is 0.161 e. The van der Waals surface area contributed by atoms with Crippen LogP contribution in [-0.2, 0) is 0 Å². The van der Waals surface area contributed by atoms with Crippen LogP contribution in [0.5, 0.6) is 46.0 Å². The molecule has 0 saturated carbocycles. The fraction of sp³-hybridized carbons (Fsp3) is 0.133. The Labute approximate surface area is 218 Å². The first-order valence-corrected chi connectivity index (χ1v) is 11.8. The lowest BCUT2D eigenvalue weighted by molar-refractivity contribution is 0.221. The van der Waals surface area contributed by atoms with Crippen LogP contribution in [0.1, 0.15) is 39.8 Å². The van der Waals surface area contributed by atoms with E-state index in [9.17, 15) is 25.5 Å². The zero-order valence-corrected chi connectivity index (χ0v) is 20.6. The van der Waals surface area contributed by atoms with E-state index in [0.29, 0.717) is 28.2 Å². The van der Waals surface area contributed by atoms with Gasteiger partial charge in [0.1, 0.15) is 29.1 Å². The molecule has 0 amide bonds. The van der Waals surface area contributed by atoms with Crippen molar-refractivity contribution in [1.82, 2.24) is 0 Å². The van der Waals surface area contributed by atoms with E-state index < -0.39 is 12.0 Å². The highest BCUT2D eigenvalue weighted by Gasteiger charge is 2.39. The second kappa shape index (κ2) is 9.82. The van der Waals surface area contributed by atoms with Gasteiger partial charge in [0.25, 0.3) is 0 Å². The molecule has 4 aromatic rings. The molecular weight excluding hydrogens is 488 g/mol. The zero-order valence-electron chi connectivity index (χ0n) is 20.6. The van der Waals surface area contributed by atoms with Crippen molar-refractivity contribution in [2.75, 3.05) is 14.2 Å². The number of ether oxygens (including phenoxy) is 3. The van der Waals surface area contributed by atoms with Crippen LogP contribution in [0.25, 0.3) is 12.2 Å². The summed E-state index contributed by atoms with van der Waals surface area (Å²) in [6, 6.07) is 17.3. The molecule has 0 saturated heterocycles. The van der Waals surface area contributed by atoms with Crippen LogP contribution in [0.3, 0.4) is 0 Å². The van der Waals surface area contributed by atoms with Crippen molar-refractivity contribution < 1.29 is 39.7 Å². The van der Waals surface area contributed by atoms with E-state index in [1.54, 1.807) is 42.5 Å². The molecular formula is C30H26O8. The summed E-state index contributed by atoms with van der Waals surface area (Å²) in [5.74, 6) is 0.286. The third kappa shape index (κ3) is 4.59. The van der Waals surface area contributed by atoms with Crippen molar-refractivity contribution in [3.63, 3.8) is 0 Å². The largest absolute Gasteiger partial charge is 0.508 e. The van der Waals surface area contributed by atoms with Crippen molar-refractivity contribution in [1.29, 1.82) is 0 Å². The molecule has 5 N–H and O–H groups in total. The minimum atomic E-state index is -0.636. The van der Waals surface area contributed by atoms with Crippen LogP contribution in [0.2, 0.25) is 0 Å². The van der Waals surface area contributed by atoms with Gasteiger partial charge in [-0.25, -0.2) is 0 Å². The quantitative estimate of drug-likeness (QED) is 0.208. The number of benzene rings is 4. The molecule has 1 aliphatic heterocycles. The van der Waals surface area contributed by atoms with Gasteiger partial charge in [-0.3, -0.25) is 0 Å². The summed E-state index contributed by atoms with van der Waals surface area (Å²) >= 11 is 0. The van der Waals surface area contributed by atoms with Crippen molar-refractivity contribution in [3.05, 3.63) is 94.5 Å². The van der Waals surface area contributed by atoms with Gasteiger partial charge in [0.15, 0.2) is 23.0 Å². The Kier molecular flexibility index (Phi) is 6.38. The Morgan fingerprint density at radius 3 is 1.97 bits per heavy atom. The van der Waals surface area contributed by atoms with Crippen molar-refractivity contribution in [2.45, 2.75) is 12.0 Å². The average molecular weight is 515 g/mol. The Morgan fingerprint density at radius 2 is 1.29 bits per heavy atom. The van der Waals surface area contributed by atoms with E-state index in [2.05, 4.69) is 0 Å². The first kappa shape index (κ1) is 24.7. The second-order valence-corrected chi connectivity index (χ2v) is 8.94. The van der Waals surface area contributed by atoms with Crippen LogP contribution in [0.15, 0.2) is 66.7 Å². The van der Waals surface area contributed by atoms with Crippen LogP contribution >= 0.6 is 0 Å². The molecule has 1 heterocycles. The summed E-state index contributed by atoms with van der Waals surface area (Å²) in [4.78, 5) is 0. The smallest absolute Gasteiger partial charge is 0.161 e. The van der Waals surface area contributed by atoms with Crippen LogP contribution in [0, 0.1) is 0 Å². The summed E-state index contributed by atoms with van der Waals surface area (Å²) in [7, 11) is 2.92. The van der Waals surface area contributed by atoms with E-state index in [-0.39, 0.29) is 34.5 Å². The molecule has 0 aliphatic carbocycles. The average Bonchev–Trinajstić information content (AvgIpc) is 3.27. The minimum absolute atomic E-state index is 0.00636. The predicted octanol–water partition coefficient (Wildman–Crippen LogP) is 5.67. The lowest BCUT2D eigenvalue weighted by Crippen LogP contribution is -2.12. The molecule has 2 atom stereocenters. The fourth-order valence-corrected chi connectivity index (χ4v) is 4.81. The summed E-state index contributed by atoms with van der Waals surface area (Å²) in [5.41, 5.74) is 3.40. The number of aromatic hydroxyl groups is 5. The Balaban J connectivity index is 1.67. The standard InChI is InChI=1S/C30H26O8/c1-36-25-9-16(4-7-23(25)34)3-5-17-10-22(33)15-27-28(17)29(19-11-20(31)14-21(32)12-19)30(38-27)18-6-8-24(35)26(13-18)37-2/h3-15,29-35H,1-2H3/b5-3+/t29-,30+/m0/s1. The maximum atomic E-state index is 10.5. The summed E-state index contributed by atoms with van der Waals surface area (Å²) in [5, 5.41) is 51.1. The number of hydrogen-bond donors (Lipinski definition) is 5. The van der Waals surface area contributed by atoms with E-state index >= 15 is 0 Å². The number of rotatable bonds is 6. The Morgan fingerprint density at radius 1 is 0.658 bits per heavy atom. The van der Waals surface area contributed by atoms with E-state index in [1.165, 1.54) is 38.5 Å². The van der Waals surface area contributed by atoms with Crippen LogP contribution in [-0.4, -0.2) is 39.8 Å². The second-order valence-electron chi connectivity index (χ2n) is 8.94. The third-order valence-corrected chi connectivity index (χ3v) is 6.50. The summed E-state index contributed by atoms with van der Waals surface area (Å²) in [6.07, 6.45) is 2.98. The zero-order chi connectivity index (χ0) is 27.0. The number of hydrogen-bond acceptors (Lipinski definition) is 8. The van der Waals surface area contributed by atoms with Crippen molar-refractivity contribution >= 4 is 12.2 Å². The summed E-state index contributed by atoms with van der Waals surface area (Å²) in [6.45, 7) is 0. The molecule has 0 bridgehead atoms. The molecule has 194 valence electrons. The van der Waals surface area contributed by atoms with Gasteiger partial charge in [0.2, 0.25) is 0 Å². The Bertz CT molecular complexity index is 1520.